The number of nitrogens with zero attached hydrogens (tertiary/aromatic N) is 2. The second kappa shape index (κ2) is 5.00. The van der Waals surface area contributed by atoms with Crippen molar-refractivity contribution in [1.29, 1.82) is 0 Å². The second-order valence-electron chi connectivity index (χ2n) is 3.86. The van der Waals surface area contributed by atoms with Crippen LogP contribution in [0.3, 0.4) is 0 Å². The van der Waals surface area contributed by atoms with Crippen LogP contribution in [0, 0.1) is 12.8 Å². The highest BCUT2D eigenvalue weighted by Crippen LogP contribution is 2.09. The molecule has 4 nitrogen and oxygen atoms in total. The molecule has 1 heterocycles. The molecule has 80 valence electrons. The Labute approximate surface area is 85.5 Å². The molecule has 4 heteroatoms. The van der Waals surface area contributed by atoms with Gasteiger partial charge in [-0.3, -0.25) is 4.68 Å². The Hall–Kier alpha value is -1.03. The third-order valence-corrected chi connectivity index (χ3v) is 2.29. The molecule has 0 aromatic carbocycles. The van der Waals surface area contributed by atoms with E-state index in [-0.39, 0.29) is 0 Å². The van der Waals surface area contributed by atoms with Crippen molar-refractivity contribution in [2.24, 2.45) is 18.7 Å². The summed E-state index contributed by atoms with van der Waals surface area (Å²) < 4.78 is 1.87. The standard InChI is InChI=1S/C10H20N4/c1-8(4-5-11)7-12-10-6-9(2)13-14(10)3/h6,8,12H,4-5,7,11H2,1-3H3. The molecule has 0 amide bonds. The van der Waals surface area contributed by atoms with Gasteiger partial charge in [0.05, 0.1) is 5.69 Å². The average molecular weight is 196 g/mol. The van der Waals surface area contributed by atoms with Gasteiger partial charge in [0.15, 0.2) is 0 Å². The second-order valence-corrected chi connectivity index (χ2v) is 3.86. The number of rotatable bonds is 5. The molecule has 0 aliphatic heterocycles. The van der Waals surface area contributed by atoms with Gasteiger partial charge in [0.25, 0.3) is 0 Å². The zero-order chi connectivity index (χ0) is 10.6. The summed E-state index contributed by atoms with van der Waals surface area (Å²) in [5.41, 5.74) is 6.53. The summed E-state index contributed by atoms with van der Waals surface area (Å²) in [5, 5.41) is 7.63. The van der Waals surface area contributed by atoms with Gasteiger partial charge in [-0.25, -0.2) is 0 Å². The fourth-order valence-electron chi connectivity index (χ4n) is 1.44. The number of hydrogen-bond acceptors (Lipinski definition) is 3. The first-order chi connectivity index (χ1) is 6.63. The van der Waals surface area contributed by atoms with Crippen molar-refractivity contribution >= 4 is 5.82 Å². The fourth-order valence-corrected chi connectivity index (χ4v) is 1.44. The smallest absolute Gasteiger partial charge is 0.124 e. The van der Waals surface area contributed by atoms with Gasteiger partial charge in [0.1, 0.15) is 5.82 Å². The van der Waals surface area contributed by atoms with Gasteiger partial charge in [-0.1, -0.05) is 6.92 Å². The minimum atomic E-state index is 0.607. The van der Waals surface area contributed by atoms with Crippen LogP contribution >= 0.6 is 0 Å². The highest BCUT2D eigenvalue weighted by atomic mass is 15.3. The van der Waals surface area contributed by atoms with Gasteiger partial charge < -0.3 is 11.1 Å². The zero-order valence-corrected chi connectivity index (χ0v) is 9.25. The monoisotopic (exact) mass is 196 g/mol. The lowest BCUT2D eigenvalue weighted by atomic mass is 10.1. The Balaban J connectivity index is 2.41. The van der Waals surface area contributed by atoms with Crippen molar-refractivity contribution in [1.82, 2.24) is 9.78 Å². The number of nitrogens with two attached hydrogens (primary N) is 1. The van der Waals surface area contributed by atoms with Crippen molar-refractivity contribution in [3.63, 3.8) is 0 Å². The summed E-state index contributed by atoms with van der Waals surface area (Å²) in [6, 6.07) is 2.05. The van der Waals surface area contributed by atoms with E-state index in [9.17, 15) is 0 Å². The predicted molar refractivity (Wildman–Crippen MR) is 59.3 cm³/mol. The van der Waals surface area contributed by atoms with E-state index in [0.29, 0.717) is 5.92 Å². The van der Waals surface area contributed by atoms with Crippen LogP contribution < -0.4 is 11.1 Å². The topological polar surface area (TPSA) is 55.9 Å². The van der Waals surface area contributed by atoms with E-state index < -0.39 is 0 Å². The summed E-state index contributed by atoms with van der Waals surface area (Å²) in [6.45, 7) is 5.90. The lowest BCUT2D eigenvalue weighted by Gasteiger charge is -2.11. The molecule has 0 fully saturated rings. The van der Waals surface area contributed by atoms with Gasteiger partial charge in [0, 0.05) is 19.7 Å². The van der Waals surface area contributed by atoms with Crippen LogP contribution in [0.15, 0.2) is 6.07 Å². The van der Waals surface area contributed by atoms with Crippen molar-refractivity contribution in [2.45, 2.75) is 20.3 Å². The van der Waals surface area contributed by atoms with Crippen LogP contribution in [0.4, 0.5) is 5.82 Å². The van der Waals surface area contributed by atoms with Crippen molar-refractivity contribution in [3.8, 4) is 0 Å². The minimum Gasteiger partial charge on any atom is -0.370 e. The summed E-state index contributed by atoms with van der Waals surface area (Å²) >= 11 is 0. The third kappa shape index (κ3) is 3.03. The first kappa shape index (κ1) is 11.0. The Morgan fingerprint density at radius 1 is 1.64 bits per heavy atom. The van der Waals surface area contributed by atoms with Crippen LogP contribution in [0.1, 0.15) is 19.0 Å². The van der Waals surface area contributed by atoms with Crippen LogP contribution in [0.2, 0.25) is 0 Å². The van der Waals surface area contributed by atoms with Crippen LogP contribution in [-0.4, -0.2) is 22.9 Å². The van der Waals surface area contributed by atoms with Crippen LogP contribution in [-0.2, 0) is 7.05 Å². The zero-order valence-electron chi connectivity index (χ0n) is 9.25. The fraction of sp³-hybridized carbons (Fsp3) is 0.700. The van der Waals surface area contributed by atoms with Crippen molar-refractivity contribution < 1.29 is 0 Å². The Morgan fingerprint density at radius 3 is 2.86 bits per heavy atom. The molecule has 0 spiro atoms. The molecule has 0 radical (unpaired) electrons. The van der Waals surface area contributed by atoms with E-state index in [1.807, 2.05) is 18.7 Å². The maximum atomic E-state index is 5.49. The molecule has 14 heavy (non-hydrogen) atoms. The van der Waals surface area contributed by atoms with Crippen molar-refractivity contribution in [3.05, 3.63) is 11.8 Å². The van der Waals surface area contributed by atoms with E-state index >= 15 is 0 Å². The molecular weight excluding hydrogens is 176 g/mol. The number of aryl methyl sites for hydroxylation is 2. The first-order valence-corrected chi connectivity index (χ1v) is 5.08. The molecule has 0 saturated heterocycles. The molecule has 0 aliphatic carbocycles. The maximum Gasteiger partial charge on any atom is 0.124 e. The normalized spacial score (nSPS) is 12.9. The Bertz CT molecular complexity index is 280. The molecule has 0 aliphatic rings. The van der Waals surface area contributed by atoms with Gasteiger partial charge in [-0.05, 0) is 25.8 Å². The molecule has 1 aromatic rings. The molecule has 0 bridgehead atoms. The lowest BCUT2D eigenvalue weighted by Crippen LogP contribution is -2.16. The van der Waals surface area contributed by atoms with E-state index in [1.165, 1.54) is 0 Å². The van der Waals surface area contributed by atoms with E-state index in [4.69, 9.17) is 5.73 Å². The number of anilines is 1. The quantitative estimate of drug-likeness (QED) is 0.742. The maximum absolute atomic E-state index is 5.49. The van der Waals surface area contributed by atoms with Gasteiger partial charge >= 0.3 is 0 Å². The lowest BCUT2D eigenvalue weighted by molar-refractivity contribution is 0.565. The summed E-state index contributed by atoms with van der Waals surface area (Å²) in [7, 11) is 1.95. The van der Waals surface area contributed by atoms with E-state index in [1.54, 1.807) is 0 Å². The summed E-state index contributed by atoms with van der Waals surface area (Å²) in [6.07, 6.45) is 1.06. The Morgan fingerprint density at radius 2 is 2.36 bits per heavy atom. The predicted octanol–water partition coefficient (Wildman–Crippen LogP) is 1.13. The molecule has 1 unspecified atom stereocenters. The van der Waals surface area contributed by atoms with Crippen LogP contribution in [0.25, 0.3) is 0 Å². The molecule has 1 atom stereocenters. The molecular formula is C10H20N4. The average Bonchev–Trinajstić information content (AvgIpc) is 2.42. The van der Waals surface area contributed by atoms with Gasteiger partial charge in [-0.15, -0.1) is 0 Å². The third-order valence-electron chi connectivity index (χ3n) is 2.29. The number of hydrogen-bond donors (Lipinski definition) is 2. The highest BCUT2D eigenvalue weighted by Gasteiger charge is 2.03. The van der Waals surface area contributed by atoms with Gasteiger partial charge in [0.2, 0.25) is 0 Å². The SMILES string of the molecule is Cc1cc(NCC(C)CCN)n(C)n1. The summed E-state index contributed by atoms with van der Waals surface area (Å²) in [4.78, 5) is 0. The molecule has 3 N–H and O–H groups in total. The minimum absolute atomic E-state index is 0.607. The molecule has 1 aromatic heterocycles. The first-order valence-electron chi connectivity index (χ1n) is 5.08. The Kier molecular flexibility index (Phi) is 3.95. The largest absolute Gasteiger partial charge is 0.370 e. The molecule has 0 saturated carbocycles. The highest BCUT2D eigenvalue weighted by molar-refractivity contribution is 5.36. The van der Waals surface area contributed by atoms with Gasteiger partial charge in [-0.2, -0.15) is 5.10 Å². The van der Waals surface area contributed by atoms with Crippen molar-refractivity contribution in [2.75, 3.05) is 18.4 Å². The summed E-state index contributed by atoms with van der Waals surface area (Å²) in [5.74, 6) is 1.68. The van der Waals surface area contributed by atoms with Crippen LogP contribution in [0.5, 0.6) is 0 Å². The number of aromatic nitrogens is 2. The van der Waals surface area contributed by atoms with E-state index in [2.05, 4.69) is 23.4 Å². The molecule has 1 rings (SSSR count). The number of nitrogens with one attached hydrogen (secondary N) is 1. The van der Waals surface area contributed by atoms with E-state index in [0.717, 1.165) is 31.0 Å².